The van der Waals surface area contributed by atoms with Crippen LogP contribution in [0.25, 0.3) is 0 Å². The third-order valence-corrected chi connectivity index (χ3v) is 4.69. The number of allylic oxidation sites excluding steroid dienone is 1. The number of carbonyl (C=O) groups is 2. The van der Waals surface area contributed by atoms with Gasteiger partial charge in [-0.2, -0.15) is 0 Å². The lowest BCUT2D eigenvalue weighted by molar-refractivity contribution is 0.0964. The fourth-order valence-electron chi connectivity index (χ4n) is 3.47. The van der Waals surface area contributed by atoms with Crippen molar-refractivity contribution in [2.45, 2.75) is 37.9 Å². The van der Waals surface area contributed by atoms with Crippen LogP contribution in [-0.2, 0) is 4.74 Å². The smallest absolute Gasteiger partial charge is 0.192 e. The summed E-state index contributed by atoms with van der Waals surface area (Å²) in [7, 11) is 0. The summed E-state index contributed by atoms with van der Waals surface area (Å²) in [6.45, 7) is 2.08. The molecule has 1 aromatic carbocycles. The Balaban J connectivity index is 1.89. The van der Waals surface area contributed by atoms with Gasteiger partial charge in [0.2, 0.25) is 0 Å². The molecule has 3 heteroatoms. The van der Waals surface area contributed by atoms with E-state index >= 15 is 0 Å². The van der Waals surface area contributed by atoms with Gasteiger partial charge in [0, 0.05) is 22.3 Å². The number of ketones is 2. The monoisotopic (exact) mass is 254 g/mol. The number of Topliss-reactive ketones (excluding diaryl/α,β-unsaturated/α-hetero) is 2. The highest BCUT2D eigenvalue weighted by molar-refractivity contribution is 6.27. The van der Waals surface area contributed by atoms with Crippen LogP contribution in [0.3, 0.4) is 0 Å². The highest BCUT2D eigenvalue weighted by atomic mass is 16.6. The molecule has 0 saturated carbocycles. The fraction of sp³-hybridized carbons (Fsp3) is 0.375. The summed E-state index contributed by atoms with van der Waals surface area (Å²) in [5.41, 5.74) is 2.25. The zero-order valence-corrected chi connectivity index (χ0v) is 10.7. The lowest BCUT2D eigenvalue weighted by Gasteiger charge is -2.25. The van der Waals surface area contributed by atoms with Gasteiger partial charge in [-0.3, -0.25) is 9.59 Å². The molecule has 0 bridgehead atoms. The Morgan fingerprint density at radius 3 is 2.58 bits per heavy atom. The minimum Gasteiger partial charge on any atom is -0.361 e. The van der Waals surface area contributed by atoms with E-state index in [-0.39, 0.29) is 23.3 Å². The van der Waals surface area contributed by atoms with Gasteiger partial charge in [-0.15, -0.1) is 0 Å². The molecule has 1 aromatic rings. The van der Waals surface area contributed by atoms with Crippen molar-refractivity contribution in [3.05, 3.63) is 46.5 Å². The molecule has 0 spiro atoms. The zero-order valence-electron chi connectivity index (χ0n) is 10.7. The van der Waals surface area contributed by atoms with E-state index in [1.54, 1.807) is 18.2 Å². The lowest BCUT2D eigenvalue weighted by Crippen LogP contribution is -2.31. The van der Waals surface area contributed by atoms with E-state index in [0.29, 0.717) is 28.7 Å². The van der Waals surface area contributed by atoms with Crippen LogP contribution in [0.2, 0.25) is 0 Å². The number of hydrogen-bond acceptors (Lipinski definition) is 3. The second-order valence-corrected chi connectivity index (χ2v) is 5.51. The van der Waals surface area contributed by atoms with Crippen molar-refractivity contribution < 1.29 is 14.3 Å². The summed E-state index contributed by atoms with van der Waals surface area (Å²) in [5.74, 6) is 0.00984. The first-order valence-electron chi connectivity index (χ1n) is 6.77. The lowest BCUT2D eigenvalue weighted by atomic mass is 9.73. The molecule has 0 N–H and O–H groups in total. The minimum atomic E-state index is -0.166. The molecule has 2 atom stereocenters. The Hall–Kier alpha value is -1.74. The summed E-state index contributed by atoms with van der Waals surface area (Å²) in [5, 5.41) is 0. The molecular weight excluding hydrogens is 240 g/mol. The second kappa shape index (κ2) is 3.42. The van der Waals surface area contributed by atoms with Crippen LogP contribution in [-0.4, -0.2) is 23.3 Å². The van der Waals surface area contributed by atoms with Crippen LogP contribution in [0.15, 0.2) is 35.4 Å². The normalized spacial score (nSPS) is 31.7. The molecular formula is C16H14O3. The molecule has 19 heavy (non-hydrogen) atoms. The molecule has 1 fully saturated rings. The number of rotatable bonds is 1. The number of epoxide rings is 1. The van der Waals surface area contributed by atoms with Gasteiger partial charge in [0.25, 0.3) is 0 Å². The van der Waals surface area contributed by atoms with Crippen LogP contribution >= 0.6 is 0 Å². The van der Waals surface area contributed by atoms with E-state index in [0.717, 1.165) is 12.8 Å². The van der Waals surface area contributed by atoms with Gasteiger partial charge in [-0.05, 0) is 19.3 Å². The van der Waals surface area contributed by atoms with Crippen molar-refractivity contribution in [1.82, 2.24) is 0 Å². The van der Waals surface area contributed by atoms with E-state index in [4.69, 9.17) is 4.74 Å². The van der Waals surface area contributed by atoms with E-state index < -0.39 is 0 Å². The summed E-state index contributed by atoms with van der Waals surface area (Å²) in [6, 6.07) is 7.10. The minimum absolute atomic E-state index is 0.00905. The maximum atomic E-state index is 12.6. The molecule has 1 aliphatic heterocycles. The van der Waals surface area contributed by atoms with Crippen LogP contribution in [0.1, 0.15) is 46.9 Å². The van der Waals surface area contributed by atoms with E-state index in [2.05, 4.69) is 6.92 Å². The summed E-state index contributed by atoms with van der Waals surface area (Å²) in [6.07, 6.45) is 2.27. The number of ether oxygens (including phenoxy) is 1. The van der Waals surface area contributed by atoms with Crippen LogP contribution in [0, 0.1) is 0 Å². The molecule has 1 saturated heterocycles. The van der Waals surface area contributed by atoms with E-state index in [9.17, 15) is 9.59 Å². The molecule has 0 radical (unpaired) electrons. The Kier molecular flexibility index (Phi) is 2.00. The molecule has 4 rings (SSSR count). The Labute approximate surface area is 111 Å². The third-order valence-electron chi connectivity index (χ3n) is 4.69. The topological polar surface area (TPSA) is 46.7 Å². The highest BCUT2D eigenvalue weighted by Crippen LogP contribution is 2.54. The van der Waals surface area contributed by atoms with Gasteiger partial charge in [0.05, 0.1) is 5.60 Å². The molecule has 3 aliphatic rings. The van der Waals surface area contributed by atoms with Crippen molar-refractivity contribution in [2.24, 2.45) is 0 Å². The predicted octanol–water partition coefficient (Wildman–Crippen LogP) is 2.70. The highest BCUT2D eigenvalue weighted by Gasteiger charge is 2.61. The van der Waals surface area contributed by atoms with Gasteiger partial charge in [0.1, 0.15) is 6.10 Å². The second-order valence-electron chi connectivity index (χ2n) is 5.51. The van der Waals surface area contributed by atoms with Crippen LogP contribution in [0.5, 0.6) is 0 Å². The maximum absolute atomic E-state index is 12.6. The maximum Gasteiger partial charge on any atom is 0.192 e. The third kappa shape index (κ3) is 1.26. The molecule has 96 valence electrons. The van der Waals surface area contributed by atoms with Gasteiger partial charge in [0.15, 0.2) is 11.6 Å². The van der Waals surface area contributed by atoms with E-state index in [1.165, 1.54) is 0 Å². The quantitative estimate of drug-likeness (QED) is 0.724. The van der Waals surface area contributed by atoms with Gasteiger partial charge in [-0.1, -0.05) is 31.2 Å². The Morgan fingerprint density at radius 2 is 1.89 bits per heavy atom. The van der Waals surface area contributed by atoms with Crippen molar-refractivity contribution >= 4 is 11.6 Å². The van der Waals surface area contributed by atoms with E-state index in [1.807, 2.05) is 6.07 Å². The molecule has 0 amide bonds. The Bertz CT molecular complexity index is 656. The summed E-state index contributed by atoms with van der Waals surface area (Å²) < 4.78 is 5.79. The number of hydrogen-bond donors (Lipinski definition) is 0. The molecule has 2 aliphatic carbocycles. The van der Waals surface area contributed by atoms with Gasteiger partial charge < -0.3 is 4.74 Å². The average Bonchev–Trinajstić information content (AvgIpc) is 3.19. The first kappa shape index (κ1) is 11.1. The molecule has 0 aromatic heterocycles. The average molecular weight is 254 g/mol. The van der Waals surface area contributed by atoms with Crippen molar-refractivity contribution in [1.29, 1.82) is 0 Å². The molecule has 3 nitrogen and oxygen atoms in total. The standard InChI is InChI=1S/C16H14O3/c1-2-16-8-7-11-12(15(16)19-16)14(18)10-6-4-3-5-9(10)13(11)17/h3-6,15H,2,7-8H2,1H3. The van der Waals surface area contributed by atoms with Crippen LogP contribution in [0.4, 0.5) is 0 Å². The largest absolute Gasteiger partial charge is 0.361 e. The van der Waals surface area contributed by atoms with Crippen molar-refractivity contribution in [3.63, 3.8) is 0 Å². The van der Waals surface area contributed by atoms with Gasteiger partial charge >= 0.3 is 0 Å². The summed E-state index contributed by atoms with van der Waals surface area (Å²) >= 11 is 0. The number of carbonyl (C=O) groups excluding carboxylic acids is 2. The first-order chi connectivity index (χ1) is 9.18. The molecule has 2 unspecified atom stereocenters. The predicted molar refractivity (Wildman–Crippen MR) is 69.3 cm³/mol. The number of fused-ring (bicyclic) bond motifs is 3. The Morgan fingerprint density at radius 1 is 1.21 bits per heavy atom. The summed E-state index contributed by atoms with van der Waals surface area (Å²) in [4.78, 5) is 25.1. The number of benzene rings is 1. The van der Waals surface area contributed by atoms with Crippen LogP contribution < -0.4 is 0 Å². The fourth-order valence-corrected chi connectivity index (χ4v) is 3.47. The molecule has 1 heterocycles. The van der Waals surface area contributed by atoms with Crippen molar-refractivity contribution in [3.8, 4) is 0 Å². The SMILES string of the molecule is CCC12CCC3=C(C(=O)c4ccccc4C3=O)C1O2. The van der Waals surface area contributed by atoms with Gasteiger partial charge in [-0.25, -0.2) is 0 Å². The zero-order chi connectivity index (χ0) is 13.2. The first-order valence-corrected chi connectivity index (χ1v) is 6.77. The van der Waals surface area contributed by atoms with Crippen molar-refractivity contribution in [2.75, 3.05) is 0 Å².